The molecule has 0 unspecified atom stereocenters. The molecule has 0 bridgehead atoms. The molecule has 68 heavy (non-hydrogen) atoms. The van der Waals surface area contributed by atoms with Crippen molar-refractivity contribution in [1.29, 1.82) is 0 Å². The van der Waals surface area contributed by atoms with Gasteiger partial charge >= 0.3 is 0 Å². The molecule has 0 saturated heterocycles. The number of aromatic hydroxyl groups is 1. The second-order valence-electron chi connectivity index (χ2n) is 17.7. The summed E-state index contributed by atoms with van der Waals surface area (Å²) in [5, 5.41) is 66.2. The van der Waals surface area contributed by atoms with Gasteiger partial charge in [-0.05, 0) is 89.0 Å². The normalized spacial score (nSPS) is 28.1. The molecule has 6 aliphatic carbocycles. The van der Waals surface area contributed by atoms with E-state index < -0.39 is 105 Å². The van der Waals surface area contributed by atoms with Gasteiger partial charge in [0.05, 0.1) is 23.2 Å². The monoisotopic (exact) mass is 940 g/mol. The van der Waals surface area contributed by atoms with Gasteiger partial charge in [0.15, 0.2) is 17.0 Å². The number of aliphatic hydroxyl groups excluding tert-OH is 3. The number of carbonyl (C=O) groups excluding carboxylic acids is 6. The number of hydrogen-bond acceptors (Lipinski definition) is 16. The van der Waals surface area contributed by atoms with Crippen molar-refractivity contribution in [3.8, 4) is 11.5 Å². The highest BCUT2D eigenvalue weighted by atomic mass is 16.5. The number of fused-ring (bicyclic) bond motifs is 6. The quantitative estimate of drug-likeness (QED) is 0.0965. The lowest BCUT2D eigenvalue weighted by Crippen LogP contribution is -2.67. The minimum absolute atomic E-state index is 0. The summed E-state index contributed by atoms with van der Waals surface area (Å²) in [6, 6.07) is 8.12. The van der Waals surface area contributed by atoms with Gasteiger partial charge < -0.3 is 51.6 Å². The number of amides is 2. The molecule has 6 aliphatic rings. The first kappa shape index (κ1) is 52.1. The predicted molar refractivity (Wildman–Crippen MR) is 249 cm³/mol. The highest BCUT2D eigenvalue weighted by Crippen LogP contribution is 2.54. The number of hydrogen-bond donors (Lipinski definition) is 8. The fourth-order valence-corrected chi connectivity index (χ4v) is 10.9. The van der Waals surface area contributed by atoms with E-state index in [4.69, 9.17) is 20.9 Å². The van der Waals surface area contributed by atoms with Crippen molar-refractivity contribution < 1.29 is 68.9 Å². The second kappa shape index (κ2) is 19.0. The summed E-state index contributed by atoms with van der Waals surface area (Å²) in [4.78, 5) is 81.4. The average Bonchev–Trinajstić information content (AvgIpc) is 3.24. The molecule has 2 aromatic carbocycles. The van der Waals surface area contributed by atoms with Crippen LogP contribution in [0, 0.1) is 23.7 Å². The standard InChI is InChI=1S/C27H30N2O7.C21H22N2O7.2CH4/c1-5-10-35-17-9-7-8-14-12-15-13-16-21(29(3)4)23(36-11-6-2)20(26(28)33)25(32)27(16,34)24(31)19(15)22(30)18(14)17;1-23(2)15-10-7-9-6-8-4-3-5-11(24)12(8)16(25)13(9)18(27)21(10,30)19(28)14(17(15)26)20(22)29;;/h5-9,15-16,21,30,34H,1-2,10-13H2,3-4H3,(H2,28,33);3-5,9-10,15,24-25,28,30H,6-7H2,1-2H3,(H2,22,29);2*1H4/t15-,16-,21-,27-;9-,10-,15-,21-;;/m00../s1. The minimum atomic E-state index is -2.60. The summed E-state index contributed by atoms with van der Waals surface area (Å²) in [5.41, 5.74) is 5.86. The van der Waals surface area contributed by atoms with Gasteiger partial charge in [0, 0.05) is 23.0 Å². The zero-order valence-electron chi connectivity index (χ0n) is 36.7. The number of benzene rings is 2. The van der Waals surface area contributed by atoms with Crippen LogP contribution in [0.3, 0.4) is 0 Å². The van der Waals surface area contributed by atoms with Crippen LogP contribution in [0.25, 0.3) is 11.5 Å². The van der Waals surface area contributed by atoms with Gasteiger partial charge in [-0.15, -0.1) is 0 Å². The minimum Gasteiger partial charge on any atom is -0.508 e. The molecule has 2 aromatic rings. The highest BCUT2D eigenvalue weighted by molar-refractivity contribution is 6.33. The Morgan fingerprint density at radius 1 is 0.691 bits per heavy atom. The first-order valence-corrected chi connectivity index (χ1v) is 21.1. The molecule has 8 rings (SSSR count). The molecule has 8 atom stereocenters. The number of ketones is 4. The number of phenols is 1. The van der Waals surface area contributed by atoms with Gasteiger partial charge in [0.25, 0.3) is 11.8 Å². The fourth-order valence-electron chi connectivity index (χ4n) is 10.9. The van der Waals surface area contributed by atoms with Crippen LogP contribution in [0.2, 0.25) is 0 Å². The molecule has 364 valence electrons. The van der Waals surface area contributed by atoms with Crippen LogP contribution in [0.15, 0.2) is 95.5 Å². The van der Waals surface area contributed by atoms with Gasteiger partial charge in [-0.25, -0.2) is 0 Å². The molecule has 0 heterocycles. The first-order chi connectivity index (χ1) is 31.1. The van der Waals surface area contributed by atoms with Gasteiger partial charge in [-0.2, -0.15) is 0 Å². The molecule has 0 radical (unpaired) electrons. The van der Waals surface area contributed by atoms with Crippen LogP contribution < -0.4 is 16.2 Å². The Kier molecular flexibility index (Phi) is 14.6. The van der Waals surface area contributed by atoms with Crippen LogP contribution in [0.1, 0.15) is 49.9 Å². The molecule has 2 amide bonds. The van der Waals surface area contributed by atoms with Crippen molar-refractivity contribution in [1.82, 2.24) is 9.80 Å². The third-order valence-corrected chi connectivity index (χ3v) is 13.6. The topological polar surface area (TPSA) is 301 Å². The van der Waals surface area contributed by atoms with Crippen LogP contribution in [0.4, 0.5) is 0 Å². The lowest BCUT2D eigenvalue weighted by atomic mass is 9.57. The molecule has 0 aromatic heterocycles. The number of aliphatic hydroxyl groups is 5. The number of nitrogens with zero attached hydrogens (tertiary/aromatic N) is 2. The van der Waals surface area contributed by atoms with Gasteiger partial charge in [0.2, 0.25) is 17.3 Å². The first-order valence-electron chi connectivity index (χ1n) is 21.1. The zero-order valence-corrected chi connectivity index (χ0v) is 36.7. The van der Waals surface area contributed by atoms with E-state index in [1.54, 1.807) is 63.4 Å². The molecule has 0 spiro atoms. The molecule has 2 fully saturated rings. The Bertz CT molecular complexity index is 2660. The zero-order chi connectivity index (χ0) is 48.5. The van der Waals surface area contributed by atoms with E-state index in [0.29, 0.717) is 29.7 Å². The molecule has 2 saturated carbocycles. The van der Waals surface area contributed by atoms with Crippen molar-refractivity contribution in [2.75, 3.05) is 41.4 Å². The molecular weight excluding hydrogens is 881 g/mol. The summed E-state index contributed by atoms with van der Waals surface area (Å²) in [7, 11) is 6.52. The summed E-state index contributed by atoms with van der Waals surface area (Å²) in [5.74, 6) is -11.0. The maximum Gasteiger partial charge on any atom is 0.255 e. The third-order valence-electron chi connectivity index (χ3n) is 13.6. The number of rotatable bonds is 10. The number of primary amides is 2. The molecule has 10 N–H and O–H groups in total. The van der Waals surface area contributed by atoms with Crippen molar-refractivity contribution in [3.63, 3.8) is 0 Å². The molecular formula is C50H60N4O14. The number of ether oxygens (including phenoxy) is 2. The number of likely N-dealkylation sites (N-methyl/N-ethyl adjacent to an activating group) is 2. The Labute approximate surface area is 393 Å². The van der Waals surface area contributed by atoms with E-state index in [0.717, 1.165) is 5.56 Å². The molecule has 18 heteroatoms. The molecule has 0 aliphatic heterocycles. The maximum atomic E-state index is 13.9. The Balaban J connectivity index is 0.000000250. The predicted octanol–water partition coefficient (Wildman–Crippen LogP) is 2.70. The highest BCUT2D eigenvalue weighted by Gasteiger charge is 2.66. The van der Waals surface area contributed by atoms with Gasteiger partial charge in [0.1, 0.15) is 58.9 Å². The van der Waals surface area contributed by atoms with E-state index in [1.165, 1.54) is 17.0 Å². The lowest BCUT2D eigenvalue weighted by Gasteiger charge is -2.50. The average molecular weight is 941 g/mol. The number of carbonyl (C=O) groups is 6. The maximum absolute atomic E-state index is 13.9. The van der Waals surface area contributed by atoms with Crippen molar-refractivity contribution in [2.45, 2.75) is 63.8 Å². The SMILES string of the molecule is C.C.C=CCOC1=C(C(N)=O)C(=O)[C@@]2(O)C(=O)C3=C(O)c4c(cccc4OCC=C)C[C@H]3C[C@H]2[C@@H]1N(C)C.CN(C)[C@@H]1C(=O)C(C(N)=O)=C(O)[C@@]2(O)C(=O)C3=C(O)c4c(O)cccc4C[C@H]3C[C@@H]12. The van der Waals surface area contributed by atoms with E-state index >= 15 is 0 Å². The summed E-state index contributed by atoms with van der Waals surface area (Å²) >= 11 is 0. The van der Waals surface area contributed by atoms with Crippen LogP contribution in [-0.4, -0.2) is 140 Å². The number of nitrogens with two attached hydrogens (primary N) is 2. The number of phenolic OH excluding ortho intramolecular Hbond substituents is 1. The van der Waals surface area contributed by atoms with E-state index in [2.05, 4.69) is 13.2 Å². The fraction of sp³-hybridized carbons (Fsp3) is 0.400. The van der Waals surface area contributed by atoms with Gasteiger partial charge in [-0.1, -0.05) is 64.4 Å². The smallest absolute Gasteiger partial charge is 0.255 e. The van der Waals surface area contributed by atoms with Crippen molar-refractivity contribution >= 4 is 46.5 Å². The second-order valence-corrected chi connectivity index (χ2v) is 17.7. The van der Waals surface area contributed by atoms with Crippen molar-refractivity contribution in [2.24, 2.45) is 35.1 Å². The summed E-state index contributed by atoms with van der Waals surface area (Å²) < 4.78 is 11.4. The Morgan fingerprint density at radius 3 is 1.68 bits per heavy atom. The third kappa shape index (κ3) is 7.70. The van der Waals surface area contributed by atoms with E-state index in [9.17, 15) is 59.4 Å². The van der Waals surface area contributed by atoms with Crippen LogP contribution >= 0.6 is 0 Å². The van der Waals surface area contributed by atoms with Gasteiger partial charge in [-0.3, -0.25) is 38.6 Å². The van der Waals surface area contributed by atoms with Crippen molar-refractivity contribution in [3.05, 3.63) is 118 Å². The largest absolute Gasteiger partial charge is 0.508 e. The number of Topliss-reactive ketones (excluding diaryl/α,β-unsaturated/α-hetero) is 4. The van der Waals surface area contributed by atoms with E-state index in [1.807, 2.05) is 6.07 Å². The lowest BCUT2D eigenvalue weighted by molar-refractivity contribution is -0.162. The Hall–Kier alpha value is -6.86. The summed E-state index contributed by atoms with van der Waals surface area (Å²) in [6.45, 7) is 7.42. The van der Waals surface area contributed by atoms with E-state index in [-0.39, 0.29) is 74.9 Å². The van der Waals surface area contributed by atoms with Crippen LogP contribution in [-0.2, 0) is 46.3 Å². The van der Waals surface area contributed by atoms with Crippen LogP contribution in [0.5, 0.6) is 11.5 Å². The molecule has 18 nitrogen and oxygen atoms in total. The Morgan fingerprint density at radius 2 is 1.16 bits per heavy atom. The summed E-state index contributed by atoms with van der Waals surface area (Å²) in [6.07, 6.45) is 3.96.